The molecule has 0 aliphatic carbocycles. The van der Waals surface area contributed by atoms with Crippen molar-refractivity contribution < 1.29 is 9.84 Å². The van der Waals surface area contributed by atoms with E-state index >= 15 is 0 Å². The van der Waals surface area contributed by atoms with Gasteiger partial charge in [0.25, 0.3) is 0 Å². The van der Waals surface area contributed by atoms with E-state index < -0.39 is 0 Å². The zero-order valence-corrected chi connectivity index (χ0v) is 8.88. The molecule has 0 saturated carbocycles. The molecule has 0 heterocycles. The first-order valence-electron chi connectivity index (χ1n) is 5.13. The molecular weight excluding hydrogens is 166 g/mol. The fraction of sp³-hybridized carbons (Fsp3) is 1.00. The summed E-state index contributed by atoms with van der Waals surface area (Å²) in [7, 11) is 0. The minimum Gasteiger partial charge on any atom is -0.396 e. The first-order valence-corrected chi connectivity index (χ1v) is 5.13. The maximum absolute atomic E-state index is 8.56. The highest BCUT2D eigenvalue weighted by Gasteiger charge is 2.19. The predicted molar refractivity (Wildman–Crippen MR) is 54.6 cm³/mol. The molecule has 3 heteroatoms. The van der Waals surface area contributed by atoms with E-state index in [1.807, 2.05) is 6.92 Å². The van der Waals surface area contributed by atoms with E-state index in [1.54, 1.807) is 0 Å². The molecule has 3 N–H and O–H groups in total. The summed E-state index contributed by atoms with van der Waals surface area (Å²) >= 11 is 0. The Labute approximate surface area is 81.3 Å². The average Bonchev–Trinajstić information content (AvgIpc) is 2.17. The Morgan fingerprint density at radius 1 is 1.31 bits per heavy atom. The van der Waals surface area contributed by atoms with E-state index in [4.69, 9.17) is 15.6 Å². The molecule has 0 aromatic rings. The number of hydrogen-bond acceptors (Lipinski definition) is 3. The van der Waals surface area contributed by atoms with Gasteiger partial charge in [-0.25, -0.2) is 0 Å². The number of unbranched alkanes of at least 4 members (excludes halogenated alkanes) is 2. The Morgan fingerprint density at radius 2 is 2.00 bits per heavy atom. The van der Waals surface area contributed by atoms with Crippen LogP contribution >= 0.6 is 0 Å². The number of hydrogen-bond donors (Lipinski definition) is 2. The van der Waals surface area contributed by atoms with Crippen molar-refractivity contribution in [2.24, 2.45) is 5.73 Å². The zero-order valence-electron chi connectivity index (χ0n) is 8.88. The molecule has 0 aromatic heterocycles. The van der Waals surface area contributed by atoms with Gasteiger partial charge < -0.3 is 15.6 Å². The third-order valence-corrected chi connectivity index (χ3v) is 2.43. The van der Waals surface area contributed by atoms with Crippen molar-refractivity contribution in [3.8, 4) is 0 Å². The summed E-state index contributed by atoms with van der Waals surface area (Å²) in [6.07, 6.45) is 3.86. The lowest BCUT2D eigenvalue weighted by atomic mass is 10.0. The summed E-state index contributed by atoms with van der Waals surface area (Å²) in [5.74, 6) is 0. The summed E-state index contributed by atoms with van der Waals surface area (Å²) in [4.78, 5) is 0. The predicted octanol–water partition coefficient (Wildman–Crippen LogP) is 1.29. The molecule has 1 atom stereocenters. The summed E-state index contributed by atoms with van der Waals surface area (Å²) in [6, 6.07) is 0. The van der Waals surface area contributed by atoms with Gasteiger partial charge in [-0.1, -0.05) is 6.92 Å². The number of ether oxygens (including phenoxy) is 1. The molecule has 0 spiro atoms. The van der Waals surface area contributed by atoms with Crippen molar-refractivity contribution in [1.82, 2.24) is 0 Å². The zero-order chi connectivity index (χ0) is 10.2. The molecular formula is C10H23NO2. The van der Waals surface area contributed by atoms with Crippen LogP contribution in [0.2, 0.25) is 0 Å². The van der Waals surface area contributed by atoms with Gasteiger partial charge in [0, 0.05) is 19.8 Å². The smallest absolute Gasteiger partial charge is 0.0773 e. The van der Waals surface area contributed by atoms with E-state index in [-0.39, 0.29) is 12.2 Å². The molecule has 0 aliphatic rings. The van der Waals surface area contributed by atoms with Gasteiger partial charge in [-0.05, 0) is 32.6 Å². The van der Waals surface area contributed by atoms with Crippen molar-refractivity contribution in [2.45, 2.75) is 45.1 Å². The molecule has 0 bridgehead atoms. The van der Waals surface area contributed by atoms with Crippen LogP contribution in [0.1, 0.15) is 39.5 Å². The molecule has 3 nitrogen and oxygen atoms in total. The van der Waals surface area contributed by atoms with Crippen LogP contribution in [0, 0.1) is 0 Å². The lowest BCUT2D eigenvalue weighted by Crippen LogP contribution is -2.37. The van der Waals surface area contributed by atoms with Crippen LogP contribution in [0.25, 0.3) is 0 Å². The summed E-state index contributed by atoms with van der Waals surface area (Å²) < 4.78 is 5.67. The van der Waals surface area contributed by atoms with Crippen molar-refractivity contribution in [3.63, 3.8) is 0 Å². The SMILES string of the molecule is CCC(C)(CN)OCCCCCO. The highest BCUT2D eigenvalue weighted by atomic mass is 16.5. The number of nitrogens with two attached hydrogens (primary N) is 1. The van der Waals surface area contributed by atoms with E-state index in [0.29, 0.717) is 6.54 Å². The Kier molecular flexibility index (Phi) is 7.23. The molecule has 13 heavy (non-hydrogen) atoms. The summed E-state index contributed by atoms with van der Waals surface area (Å²) in [5, 5.41) is 8.56. The number of aliphatic hydroxyl groups excluding tert-OH is 1. The quantitative estimate of drug-likeness (QED) is 0.566. The molecule has 0 fully saturated rings. The molecule has 0 aliphatic heterocycles. The second kappa shape index (κ2) is 7.30. The number of aliphatic hydroxyl groups is 1. The third-order valence-electron chi connectivity index (χ3n) is 2.43. The topological polar surface area (TPSA) is 55.5 Å². The van der Waals surface area contributed by atoms with Crippen LogP contribution in [-0.2, 0) is 4.74 Å². The van der Waals surface area contributed by atoms with Gasteiger partial charge in [-0.3, -0.25) is 0 Å². The highest BCUT2D eigenvalue weighted by Crippen LogP contribution is 2.13. The van der Waals surface area contributed by atoms with Crippen molar-refractivity contribution in [1.29, 1.82) is 0 Å². The van der Waals surface area contributed by atoms with Gasteiger partial charge in [-0.15, -0.1) is 0 Å². The Bertz CT molecular complexity index is 113. The van der Waals surface area contributed by atoms with Gasteiger partial charge in [0.15, 0.2) is 0 Å². The van der Waals surface area contributed by atoms with E-state index in [2.05, 4.69) is 6.92 Å². The second-order valence-corrected chi connectivity index (χ2v) is 3.64. The monoisotopic (exact) mass is 189 g/mol. The van der Waals surface area contributed by atoms with E-state index in [0.717, 1.165) is 32.3 Å². The standard InChI is InChI=1S/C10H23NO2/c1-3-10(2,9-11)13-8-6-4-5-7-12/h12H,3-9,11H2,1-2H3. The Balaban J connectivity index is 3.39. The molecule has 0 radical (unpaired) electrons. The van der Waals surface area contributed by atoms with Crippen LogP contribution in [0.3, 0.4) is 0 Å². The first-order chi connectivity index (χ1) is 6.18. The molecule has 80 valence electrons. The minimum atomic E-state index is -0.154. The molecule has 0 rings (SSSR count). The summed E-state index contributed by atoms with van der Waals surface area (Å²) in [5.41, 5.74) is 5.44. The van der Waals surface area contributed by atoms with Gasteiger partial charge >= 0.3 is 0 Å². The van der Waals surface area contributed by atoms with Crippen LogP contribution in [0.4, 0.5) is 0 Å². The summed E-state index contributed by atoms with van der Waals surface area (Å²) in [6.45, 7) is 5.73. The number of rotatable bonds is 8. The molecule has 0 amide bonds. The lowest BCUT2D eigenvalue weighted by molar-refractivity contribution is -0.0291. The highest BCUT2D eigenvalue weighted by molar-refractivity contribution is 4.73. The fourth-order valence-electron chi connectivity index (χ4n) is 1.01. The average molecular weight is 189 g/mol. The van der Waals surface area contributed by atoms with Gasteiger partial charge in [0.2, 0.25) is 0 Å². The van der Waals surface area contributed by atoms with Crippen molar-refractivity contribution in [2.75, 3.05) is 19.8 Å². The Morgan fingerprint density at radius 3 is 2.46 bits per heavy atom. The maximum Gasteiger partial charge on any atom is 0.0773 e. The van der Waals surface area contributed by atoms with E-state index in [1.165, 1.54) is 0 Å². The van der Waals surface area contributed by atoms with Crippen molar-refractivity contribution in [3.05, 3.63) is 0 Å². The Hall–Kier alpha value is -0.120. The minimum absolute atomic E-state index is 0.154. The fourth-order valence-corrected chi connectivity index (χ4v) is 1.01. The van der Waals surface area contributed by atoms with Crippen LogP contribution < -0.4 is 5.73 Å². The molecule has 1 unspecified atom stereocenters. The first kappa shape index (κ1) is 12.9. The molecule has 0 aromatic carbocycles. The van der Waals surface area contributed by atoms with Gasteiger partial charge in [-0.2, -0.15) is 0 Å². The third kappa shape index (κ3) is 6.02. The van der Waals surface area contributed by atoms with Crippen LogP contribution in [0.5, 0.6) is 0 Å². The van der Waals surface area contributed by atoms with Crippen LogP contribution in [0.15, 0.2) is 0 Å². The lowest BCUT2D eigenvalue weighted by Gasteiger charge is -2.26. The van der Waals surface area contributed by atoms with Gasteiger partial charge in [0.05, 0.1) is 5.60 Å². The van der Waals surface area contributed by atoms with E-state index in [9.17, 15) is 0 Å². The molecule has 0 saturated heterocycles. The largest absolute Gasteiger partial charge is 0.396 e. The van der Waals surface area contributed by atoms with Gasteiger partial charge in [0.1, 0.15) is 0 Å². The van der Waals surface area contributed by atoms with Crippen molar-refractivity contribution >= 4 is 0 Å². The maximum atomic E-state index is 8.56. The van der Waals surface area contributed by atoms with Crippen LogP contribution in [-0.4, -0.2) is 30.5 Å². The normalized spacial score (nSPS) is 15.7. The second-order valence-electron chi connectivity index (χ2n) is 3.64.